The van der Waals surface area contributed by atoms with E-state index in [9.17, 15) is 0 Å². The van der Waals surface area contributed by atoms with Crippen LogP contribution in [0.2, 0.25) is 0 Å². The number of hydrogen-bond donors (Lipinski definition) is 2. The van der Waals surface area contributed by atoms with Crippen molar-refractivity contribution in [1.29, 1.82) is 0 Å². The maximum absolute atomic E-state index is 5.96. The van der Waals surface area contributed by atoms with Gasteiger partial charge in [-0.25, -0.2) is 4.99 Å². The van der Waals surface area contributed by atoms with Crippen LogP contribution in [0, 0.1) is 5.92 Å². The zero-order valence-corrected chi connectivity index (χ0v) is 23.5. The first kappa shape index (κ1) is 28.0. The van der Waals surface area contributed by atoms with Crippen molar-refractivity contribution in [3.05, 3.63) is 23.3 Å². The molecule has 2 N–H and O–H groups in total. The molecule has 33 heavy (non-hydrogen) atoms. The van der Waals surface area contributed by atoms with E-state index in [-0.39, 0.29) is 30.1 Å². The molecule has 0 bridgehead atoms. The van der Waals surface area contributed by atoms with Gasteiger partial charge < -0.3 is 29.9 Å². The first-order valence-electron chi connectivity index (χ1n) is 12.4. The van der Waals surface area contributed by atoms with Gasteiger partial charge in [-0.05, 0) is 45.4 Å². The number of piperazine rings is 1. The van der Waals surface area contributed by atoms with Crippen LogP contribution < -0.4 is 20.1 Å². The largest absolute Gasteiger partial charge is 0.494 e. The van der Waals surface area contributed by atoms with Crippen molar-refractivity contribution in [1.82, 2.24) is 20.4 Å². The topological polar surface area (TPSA) is 61.4 Å². The molecular weight excluding hydrogens is 529 g/mol. The summed E-state index contributed by atoms with van der Waals surface area (Å²) in [7, 11) is 0. The van der Waals surface area contributed by atoms with Crippen LogP contribution in [0.3, 0.4) is 0 Å². The molecule has 1 aromatic carbocycles. The van der Waals surface area contributed by atoms with E-state index in [0.717, 1.165) is 55.6 Å². The first-order chi connectivity index (χ1) is 15.5. The summed E-state index contributed by atoms with van der Waals surface area (Å²) in [5.74, 6) is 3.30. The Kier molecular flexibility index (Phi) is 12.0. The molecule has 2 aliphatic rings. The number of guanidine groups is 1. The van der Waals surface area contributed by atoms with Crippen molar-refractivity contribution < 1.29 is 9.47 Å². The van der Waals surface area contributed by atoms with Gasteiger partial charge in [-0.15, -0.1) is 24.0 Å². The number of ether oxygens (including phenoxy) is 2. The van der Waals surface area contributed by atoms with Crippen LogP contribution in [-0.4, -0.2) is 80.8 Å². The van der Waals surface area contributed by atoms with Gasteiger partial charge in [0.05, 0.1) is 13.2 Å². The summed E-state index contributed by atoms with van der Waals surface area (Å²) in [6, 6.07) is 4.24. The van der Waals surface area contributed by atoms with Crippen LogP contribution in [-0.2, 0) is 13.0 Å². The van der Waals surface area contributed by atoms with E-state index in [2.05, 4.69) is 60.3 Å². The molecule has 1 saturated heterocycles. The Labute approximate surface area is 217 Å². The molecule has 3 rings (SSSR count). The van der Waals surface area contributed by atoms with Crippen molar-refractivity contribution >= 4 is 29.9 Å². The third kappa shape index (κ3) is 8.47. The molecule has 188 valence electrons. The standard InChI is InChI=1S/C25H43N5O2.HI/c1-6-26-25(27-16-19(4)18-30-11-9-29(7-2)10-12-30)28-17-22-15-24-21(13-20(5)32-24)14-23(22)31-8-3;/h14-15,19-20H,6-13,16-18H2,1-5H3,(H2,26,27,28);1H. The van der Waals surface area contributed by atoms with Crippen molar-refractivity contribution in [2.24, 2.45) is 10.9 Å². The van der Waals surface area contributed by atoms with Crippen molar-refractivity contribution in [3.8, 4) is 11.5 Å². The number of nitrogens with one attached hydrogen (secondary N) is 2. The summed E-state index contributed by atoms with van der Waals surface area (Å²) in [4.78, 5) is 9.96. The molecule has 7 nitrogen and oxygen atoms in total. The van der Waals surface area contributed by atoms with Gasteiger partial charge in [-0.2, -0.15) is 0 Å². The SMILES string of the molecule is CCNC(=NCc1cc2c(cc1OCC)CC(C)O2)NCC(C)CN1CCN(CC)CC1.I. The Morgan fingerprint density at radius 2 is 1.88 bits per heavy atom. The molecule has 2 heterocycles. The van der Waals surface area contributed by atoms with Gasteiger partial charge >= 0.3 is 0 Å². The average Bonchev–Trinajstić information content (AvgIpc) is 3.15. The molecule has 2 atom stereocenters. The zero-order valence-electron chi connectivity index (χ0n) is 21.2. The number of halogens is 1. The van der Waals surface area contributed by atoms with E-state index in [1.165, 1.54) is 31.7 Å². The lowest BCUT2D eigenvalue weighted by Crippen LogP contribution is -2.48. The predicted octanol–water partition coefficient (Wildman–Crippen LogP) is 3.36. The van der Waals surface area contributed by atoms with Gasteiger partial charge in [-0.3, -0.25) is 0 Å². The van der Waals surface area contributed by atoms with Gasteiger partial charge in [-0.1, -0.05) is 13.8 Å². The molecular formula is C25H44IN5O2. The lowest BCUT2D eigenvalue weighted by atomic mass is 10.1. The molecule has 0 spiro atoms. The second-order valence-electron chi connectivity index (χ2n) is 9.05. The fraction of sp³-hybridized carbons (Fsp3) is 0.720. The highest BCUT2D eigenvalue weighted by atomic mass is 127. The fourth-order valence-electron chi connectivity index (χ4n) is 4.47. The van der Waals surface area contributed by atoms with Crippen molar-refractivity contribution in [2.75, 3.05) is 59.0 Å². The van der Waals surface area contributed by atoms with Gasteiger partial charge in [0.1, 0.15) is 17.6 Å². The average molecular weight is 574 g/mol. The number of likely N-dealkylation sites (N-methyl/N-ethyl adjacent to an activating group) is 1. The van der Waals surface area contributed by atoms with E-state index in [4.69, 9.17) is 14.5 Å². The number of benzene rings is 1. The van der Waals surface area contributed by atoms with E-state index >= 15 is 0 Å². The minimum atomic E-state index is 0. The predicted molar refractivity (Wildman–Crippen MR) is 147 cm³/mol. The summed E-state index contributed by atoms with van der Waals surface area (Å²) in [6.45, 7) is 20.7. The highest BCUT2D eigenvalue weighted by molar-refractivity contribution is 14.0. The summed E-state index contributed by atoms with van der Waals surface area (Å²) >= 11 is 0. The lowest BCUT2D eigenvalue weighted by Gasteiger charge is -2.35. The van der Waals surface area contributed by atoms with E-state index < -0.39 is 0 Å². The molecule has 0 aliphatic carbocycles. The molecule has 2 aliphatic heterocycles. The van der Waals surface area contributed by atoms with Crippen LogP contribution in [0.4, 0.5) is 0 Å². The minimum absolute atomic E-state index is 0. The Morgan fingerprint density at radius 1 is 1.15 bits per heavy atom. The number of nitrogens with zero attached hydrogens (tertiary/aromatic N) is 3. The zero-order chi connectivity index (χ0) is 22.9. The van der Waals surface area contributed by atoms with Crippen LogP contribution in [0.15, 0.2) is 17.1 Å². The molecule has 0 aromatic heterocycles. The Balaban J connectivity index is 0.00000385. The quantitative estimate of drug-likeness (QED) is 0.255. The molecule has 2 unspecified atom stereocenters. The second kappa shape index (κ2) is 14.2. The highest BCUT2D eigenvalue weighted by Gasteiger charge is 2.22. The van der Waals surface area contributed by atoms with Crippen LogP contribution >= 0.6 is 24.0 Å². The van der Waals surface area contributed by atoms with Crippen molar-refractivity contribution in [3.63, 3.8) is 0 Å². The maximum atomic E-state index is 5.96. The molecule has 0 amide bonds. The number of hydrogen-bond acceptors (Lipinski definition) is 5. The molecule has 1 fully saturated rings. The van der Waals surface area contributed by atoms with Crippen LogP contribution in [0.25, 0.3) is 0 Å². The molecule has 8 heteroatoms. The summed E-state index contributed by atoms with van der Waals surface area (Å²) in [5.41, 5.74) is 2.30. The van der Waals surface area contributed by atoms with E-state index in [1.807, 2.05) is 6.92 Å². The first-order valence-corrected chi connectivity index (χ1v) is 12.4. The van der Waals surface area contributed by atoms with Gasteiger partial charge in [0.25, 0.3) is 0 Å². The minimum Gasteiger partial charge on any atom is -0.494 e. The number of aliphatic imine (C=N–C) groups is 1. The Hall–Kier alpha value is -1.26. The summed E-state index contributed by atoms with van der Waals surface area (Å²) < 4.78 is 11.9. The molecule has 0 radical (unpaired) electrons. The third-order valence-electron chi connectivity index (χ3n) is 6.23. The van der Waals surface area contributed by atoms with Crippen molar-refractivity contribution in [2.45, 2.75) is 53.7 Å². The van der Waals surface area contributed by atoms with Crippen LogP contribution in [0.1, 0.15) is 45.7 Å². The third-order valence-corrected chi connectivity index (χ3v) is 6.23. The Morgan fingerprint density at radius 3 is 2.55 bits per heavy atom. The van der Waals surface area contributed by atoms with Gasteiger partial charge in [0.2, 0.25) is 0 Å². The second-order valence-corrected chi connectivity index (χ2v) is 9.05. The normalized spacial score (nSPS) is 19.9. The lowest BCUT2D eigenvalue weighted by molar-refractivity contribution is 0.124. The molecule has 0 saturated carbocycles. The molecule has 1 aromatic rings. The summed E-state index contributed by atoms with van der Waals surface area (Å²) in [6.07, 6.45) is 1.16. The summed E-state index contributed by atoms with van der Waals surface area (Å²) in [5, 5.41) is 6.92. The number of rotatable bonds is 10. The maximum Gasteiger partial charge on any atom is 0.191 e. The number of fused-ring (bicyclic) bond motifs is 1. The monoisotopic (exact) mass is 573 g/mol. The van der Waals surface area contributed by atoms with Gasteiger partial charge in [0.15, 0.2) is 5.96 Å². The highest BCUT2D eigenvalue weighted by Crippen LogP contribution is 2.35. The fourth-order valence-corrected chi connectivity index (χ4v) is 4.47. The Bertz CT molecular complexity index is 753. The van der Waals surface area contributed by atoms with E-state index in [0.29, 0.717) is 19.1 Å². The van der Waals surface area contributed by atoms with E-state index in [1.54, 1.807) is 0 Å². The van der Waals surface area contributed by atoms with Gasteiger partial charge in [0, 0.05) is 63.4 Å². The van der Waals surface area contributed by atoms with Crippen LogP contribution in [0.5, 0.6) is 11.5 Å². The smallest absolute Gasteiger partial charge is 0.191 e.